The molecule has 0 saturated heterocycles. The Morgan fingerprint density at radius 2 is 1.95 bits per heavy atom. The van der Waals surface area contributed by atoms with Crippen molar-refractivity contribution in [2.45, 2.75) is 38.1 Å². The topological polar surface area (TPSA) is 35.2 Å². The molecule has 19 heavy (non-hydrogen) atoms. The molecule has 2 N–H and O–H groups in total. The lowest BCUT2D eigenvalue weighted by Gasteiger charge is -2.16. The highest BCUT2D eigenvalue weighted by Crippen LogP contribution is 2.60. The van der Waals surface area contributed by atoms with Crippen LogP contribution in [0.1, 0.15) is 42.9 Å². The number of fused-ring (bicyclic) bond motifs is 2. The second-order valence-electron chi connectivity index (χ2n) is 6.30. The van der Waals surface area contributed by atoms with E-state index >= 15 is 0 Å². The van der Waals surface area contributed by atoms with Gasteiger partial charge in [0.15, 0.2) is 0 Å². The third-order valence-electron chi connectivity index (χ3n) is 5.27. The molecular weight excluding hydrogens is 302 g/mol. The van der Waals surface area contributed by atoms with E-state index in [0.29, 0.717) is 5.92 Å². The van der Waals surface area contributed by atoms with Gasteiger partial charge >= 0.3 is 0 Å². The SMILES string of the molecule is NC(c1cc(Br)cc2c1OCC2)C1C2CCCCC21. The minimum Gasteiger partial charge on any atom is -0.493 e. The van der Waals surface area contributed by atoms with Crippen molar-refractivity contribution >= 4 is 15.9 Å². The van der Waals surface area contributed by atoms with Gasteiger partial charge in [-0.25, -0.2) is 0 Å². The summed E-state index contributed by atoms with van der Waals surface area (Å²) in [5, 5.41) is 0. The van der Waals surface area contributed by atoms with Crippen LogP contribution in [-0.4, -0.2) is 6.61 Å². The van der Waals surface area contributed by atoms with E-state index in [1.165, 1.54) is 36.8 Å². The van der Waals surface area contributed by atoms with Gasteiger partial charge in [0.05, 0.1) is 6.61 Å². The quantitative estimate of drug-likeness (QED) is 0.898. The molecule has 2 aliphatic carbocycles. The van der Waals surface area contributed by atoms with E-state index in [1.807, 2.05) is 0 Å². The Hall–Kier alpha value is -0.540. The zero-order valence-corrected chi connectivity index (χ0v) is 12.7. The van der Waals surface area contributed by atoms with E-state index in [4.69, 9.17) is 10.5 Å². The van der Waals surface area contributed by atoms with Crippen molar-refractivity contribution < 1.29 is 4.74 Å². The zero-order chi connectivity index (χ0) is 13.0. The first kappa shape index (κ1) is 12.2. The van der Waals surface area contributed by atoms with E-state index < -0.39 is 0 Å². The first-order chi connectivity index (χ1) is 9.25. The molecule has 1 aliphatic heterocycles. The lowest BCUT2D eigenvalue weighted by Crippen LogP contribution is -2.15. The summed E-state index contributed by atoms with van der Waals surface area (Å²) in [5.41, 5.74) is 9.16. The van der Waals surface area contributed by atoms with Crippen molar-refractivity contribution in [1.82, 2.24) is 0 Å². The van der Waals surface area contributed by atoms with Gasteiger partial charge in [-0.05, 0) is 48.3 Å². The van der Waals surface area contributed by atoms with Gasteiger partial charge in [-0.2, -0.15) is 0 Å². The molecule has 0 radical (unpaired) electrons. The number of ether oxygens (including phenoxy) is 1. The number of hydrogen-bond donors (Lipinski definition) is 1. The summed E-state index contributed by atoms with van der Waals surface area (Å²) in [7, 11) is 0. The summed E-state index contributed by atoms with van der Waals surface area (Å²) in [4.78, 5) is 0. The van der Waals surface area contributed by atoms with Crippen LogP contribution < -0.4 is 10.5 Å². The molecule has 1 aromatic rings. The van der Waals surface area contributed by atoms with Gasteiger partial charge in [0.25, 0.3) is 0 Å². The largest absolute Gasteiger partial charge is 0.493 e. The van der Waals surface area contributed by atoms with E-state index in [-0.39, 0.29) is 6.04 Å². The molecule has 102 valence electrons. The van der Waals surface area contributed by atoms with Gasteiger partial charge < -0.3 is 10.5 Å². The van der Waals surface area contributed by atoms with Crippen molar-refractivity contribution in [3.63, 3.8) is 0 Å². The second-order valence-corrected chi connectivity index (χ2v) is 7.21. The first-order valence-electron chi connectivity index (χ1n) is 7.46. The van der Waals surface area contributed by atoms with Crippen LogP contribution in [0.2, 0.25) is 0 Å². The minimum atomic E-state index is 0.164. The van der Waals surface area contributed by atoms with Crippen LogP contribution in [0.25, 0.3) is 0 Å². The molecule has 0 aromatic heterocycles. The fourth-order valence-electron chi connectivity index (χ4n) is 4.33. The normalized spacial score (nSPS) is 33.3. The van der Waals surface area contributed by atoms with Crippen molar-refractivity contribution in [2.75, 3.05) is 6.61 Å². The van der Waals surface area contributed by atoms with Crippen molar-refractivity contribution in [3.05, 3.63) is 27.7 Å². The second kappa shape index (κ2) is 4.49. The maximum absolute atomic E-state index is 6.60. The predicted octanol–water partition coefficient (Wildman–Crippen LogP) is 3.82. The van der Waals surface area contributed by atoms with Gasteiger partial charge in [-0.15, -0.1) is 0 Å². The number of benzene rings is 1. The summed E-state index contributed by atoms with van der Waals surface area (Å²) in [6, 6.07) is 4.52. The molecule has 3 heteroatoms. The summed E-state index contributed by atoms with van der Waals surface area (Å²) >= 11 is 3.62. The van der Waals surface area contributed by atoms with Gasteiger partial charge in [-0.1, -0.05) is 28.8 Å². The maximum Gasteiger partial charge on any atom is 0.127 e. The van der Waals surface area contributed by atoms with Gasteiger partial charge in [0.2, 0.25) is 0 Å². The number of hydrogen-bond acceptors (Lipinski definition) is 2. The summed E-state index contributed by atoms with van der Waals surface area (Å²) in [6.07, 6.45) is 6.60. The Kier molecular flexibility index (Phi) is 2.89. The van der Waals surface area contributed by atoms with E-state index in [2.05, 4.69) is 28.1 Å². The van der Waals surface area contributed by atoms with Crippen LogP contribution in [0.15, 0.2) is 16.6 Å². The van der Waals surface area contributed by atoms with Crippen LogP contribution in [0.5, 0.6) is 5.75 Å². The number of halogens is 1. The van der Waals surface area contributed by atoms with Crippen LogP contribution >= 0.6 is 15.9 Å². The van der Waals surface area contributed by atoms with E-state index in [1.54, 1.807) is 0 Å². The highest BCUT2D eigenvalue weighted by molar-refractivity contribution is 9.10. The van der Waals surface area contributed by atoms with E-state index in [0.717, 1.165) is 35.1 Å². The third-order valence-corrected chi connectivity index (χ3v) is 5.73. The average Bonchev–Trinajstić information content (AvgIpc) is 2.96. The van der Waals surface area contributed by atoms with Crippen molar-refractivity contribution in [1.29, 1.82) is 0 Å². The van der Waals surface area contributed by atoms with Crippen molar-refractivity contribution in [2.24, 2.45) is 23.5 Å². The lowest BCUT2D eigenvalue weighted by atomic mass is 9.97. The Morgan fingerprint density at radius 3 is 2.68 bits per heavy atom. The molecule has 3 unspecified atom stereocenters. The fraction of sp³-hybridized carbons (Fsp3) is 0.625. The van der Waals surface area contributed by atoms with Crippen molar-refractivity contribution in [3.8, 4) is 5.75 Å². The van der Waals surface area contributed by atoms with Crippen LogP contribution in [0.4, 0.5) is 0 Å². The maximum atomic E-state index is 6.60. The molecule has 0 amide bonds. The van der Waals surface area contributed by atoms with Gasteiger partial charge in [0, 0.05) is 22.5 Å². The van der Waals surface area contributed by atoms with Crippen LogP contribution in [0, 0.1) is 17.8 Å². The molecule has 1 heterocycles. The molecule has 4 rings (SSSR count). The first-order valence-corrected chi connectivity index (χ1v) is 8.25. The molecule has 0 bridgehead atoms. The highest BCUT2D eigenvalue weighted by Gasteiger charge is 2.54. The molecule has 3 atom stereocenters. The third kappa shape index (κ3) is 1.93. The standard InChI is InChI=1S/C16H20BrNO/c17-10-7-9-5-6-19-16(9)13(8-10)15(18)14-11-3-1-2-4-12(11)14/h7-8,11-12,14-15H,1-6,18H2. The minimum absolute atomic E-state index is 0.164. The van der Waals surface area contributed by atoms with Gasteiger partial charge in [-0.3, -0.25) is 0 Å². The molecule has 0 spiro atoms. The summed E-state index contributed by atoms with van der Waals surface area (Å²) in [6.45, 7) is 0.809. The van der Waals surface area contributed by atoms with E-state index in [9.17, 15) is 0 Å². The fourth-order valence-corrected chi connectivity index (χ4v) is 4.86. The summed E-state index contributed by atoms with van der Waals surface area (Å²) < 4.78 is 6.98. The Balaban J connectivity index is 1.66. The lowest BCUT2D eigenvalue weighted by molar-refractivity contribution is 0.348. The highest BCUT2D eigenvalue weighted by atomic mass is 79.9. The smallest absolute Gasteiger partial charge is 0.127 e. The Bertz CT molecular complexity index is 504. The Morgan fingerprint density at radius 1 is 1.21 bits per heavy atom. The molecule has 2 nitrogen and oxygen atoms in total. The van der Waals surface area contributed by atoms with Gasteiger partial charge in [0.1, 0.15) is 5.75 Å². The average molecular weight is 322 g/mol. The number of nitrogens with two attached hydrogens (primary N) is 1. The predicted molar refractivity (Wildman–Crippen MR) is 79.2 cm³/mol. The molecule has 2 fully saturated rings. The monoisotopic (exact) mass is 321 g/mol. The molecular formula is C16H20BrNO. The molecule has 3 aliphatic rings. The molecule has 1 aromatic carbocycles. The Labute approximate surface area is 122 Å². The molecule has 2 saturated carbocycles. The van der Waals surface area contributed by atoms with Crippen LogP contribution in [-0.2, 0) is 6.42 Å². The van der Waals surface area contributed by atoms with Crippen LogP contribution in [0.3, 0.4) is 0 Å². The zero-order valence-electron chi connectivity index (χ0n) is 11.1. The number of rotatable bonds is 2. The summed E-state index contributed by atoms with van der Waals surface area (Å²) in [5.74, 6) is 3.56.